The van der Waals surface area contributed by atoms with E-state index >= 15 is 0 Å². The Kier molecular flexibility index (Phi) is 6.39. The summed E-state index contributed by atoms with van der Waals surface area (Å²) in [6.45, 7) is 4.14. The van der Waals surface area contributed by atoms with Gasteiger partial charge in [0.2, 0.25) is 0 Å². The van der Waals surface area contributed by atoms with Crippen LogP contribution >= 0.6 is 11.3 Å². The first-order valence-corrected chi connectivity index (χ1v) is 12.8. The minimum absolute atomic E-state index is 0.242. The van der Waals surface area contributed by atoms with Gasteiger partial charge >= 0.3 is 5.97 Å². The summed E-state index contributed by atoms with van der Waals surface area (Å²) in [5.74, 6) is -0.0295. The molecule has 1 atom stereocenters. The van der Waals surface area contributed by atoms with Crippen LogP contribution in [0.4, 0.5) is 5.00 Å². The van der Waals surface area contributed by atoms with Crippen molar-refractivity contribution < 1.29 is 14.3 Å². The highest BCUT2D eigenvalue weighted by molar-refractivity contribution is 7.17. The molecule has 4 aromatic rings. The lowest BCUT2D eigenvalue weighted by atomic mass is 9.85. The normalized spacial score (nSPS) is 15.0. The average molecular weight is 485 g/mol. The number of thiophene rings is 1. The van der Waals surface area contributed by atoms with Crippen molar-refractivity contribution in [3.05, 3.63) is 81.7 Å². The quantitative estimate of drug-likeness (QED) is 0.315. The number of ether oxygens (including phenoxy) is 1. The van der Waals surface area contributed by atoms with Crippen LogP contribution in [-0.4, -0.2) is 24.0 Å². The van der Waals surface area contributed by atoms with Crippen LogP contribution < -0.4 is 5.32 Å². The Bertz CT molecular complexity index is 1430. The first-order chi connectivity index (χ1) is 17.0. The topological polar surface area (TPSA) is 68.3 Å². The van der Waals surface area contributed by atoms with Crippen molar-refractivity contribution in [3.8, 4) is 11.3 Å². The predicted molar refractivity (Wildman–Crippen MR) is 141 cm³/mol. The number of carbonyl (C=O) groups is 2. The largest absolute Gasteiger partial charge is 0.465 e. The SMILES string of the molecule is CC[C@H]1CCc2c(sc(NC(=O)c3c(C)c(-c4ccccc4)nc4ccccc34)c2C(=O)OC)C1. The Morgan fingerprint density at radius 2 is 1.83 bits per heavy atom. The van der Waals surface area contributed by atoms with E-state index in [2.05, 4.69) is 12.2 Å². The number of carbonyl (C=O) groups excluding carboxylic acids is 2. The lowest BCUT2D eigenvalue weighted by Crippen LogP contribution is -2.18. The summed E-state index contributed by atoms with van der Waals surface area (Å²) in [7, 11) is 1.39. The van der Waals surface area contributed by atoms with Crippen LogP contribution in [-0.2, 0) is 17.6 Å². The van der Waals surface area contributed by atoms with Crippen molar-refractivity contribution in [3.63, 3.8) is 0 Å². The van der Waals surface area contributed by atoms with E-state index in [0.29, 0.717) is 22.0 Å². The van der Waals surface area contributed by atoms with Crippen LogP contribution in [0.5, 0.6) is 0 Å². The fraction of sp³-hybridized carbons (Fsp3) is 0.276. The van der Waals surface area contributed by atoms with Gasteiger partial charge < -0.3 is 10.1 Å². The molecule has 5 nitrogen and oxygen atoms in total. The van der Waals surface area contributed by atoms with E-state index in [9.17, 15) is 9.59 Å². The van der Waals surface area contributed by atoms with Crippen molar-refractivity contribution in [2.45, 2.75) is 39.5 Å². The highest BCUT2D eigenvalue weighted by Gasteiger charge is 2.30. The molecule has 0 saturated heterocycles. The summed E-state index contributed by atoms with van der Waals surface area (Å²) in [6, 6.07) is 17.6. The number of nitrogens with zero attached hydrogens (tertiary/aromatic N) is 1. The van der Waals surface area contributed by atoms with Gasteiger partial charge in [0, 0.05) is 15.8 Å². The molecule has 0 aliphatic heterocycles. The van der Waals surface area contributed by atoms with Gasteiger partial charge in [-0.15, -0.1) is 11.3 Å². The van der Waals surface area contributed by atoms with Crippen molar-refractivity contribution in [2.75, 3.05) is 12.4 Å². The fourth-order valence-electron chi connectivity index (χ4n) is 5.05. The molecule has 35 heavy (non-hydrogen) atoms. The number of para-hydroxylation sites is 1. The lowest BCUT2D eigenvalue weighted by molar-refractivity contribution is 0.0601. The van der Waals surface area contributed by atoms with Gasteiger partial charge in [-0.3, -0.25) is 4.79 Å². The zero-order valence-corrected chi connectivity index (χ0v) is 21.0. The summed E-state index contributed by atoms with van der Waals surface area (Å²) in [5, 5.41) is 4.46. The number of aromatic nitrogens is 1. The molecule has 178 valence electrons. The molecule has 0 spiro atoms. The molecule has 0 unspecified atom stereocenters. The third kappa shape index (κ3) is 4.23. The van der Waals surface area contributed by atoms with Gasteiger partial charge in [-0.1, -0.05) is 61.9 Å². The number of anilines is 1. The summed E-state index contributed by atoms with van der Waals surface area (Å²) in [4.78, 5) is 32.7. The van der Waals surface area contributed by atoms with Crippen LogP contribution in [0.3, 0.4) is 0 Å². The van der Waals surface area contributed by atoms with Gasteiger partial charge in [0.05, 0.1) is 29.4 Å². The highest BCUT2D eigenvalue weighted by Crippen LogP contribution is 2.41. The van der Waals surface area contributed by atoms with E-state index < -0.39 is 5.97 Å². The van der Waals surface area contributed by atoms with Crippen LogP contribution in [0, 0.1) is 12.8 Å². The van der Waals surface area contributed by atoms with Crippen molar-refractivity contribution in [2.24, 2.45) is 5.92 Å². The molecule has 1 amide bonds. The van der Waals surface area contributed by atoms with E-state index in [1.807, 2.05) is 61.5 Å². The number of pyridine rings is 1. The Labute approximate surface area is 209 Å². The van der Waals surface area contributed by atoms with E-state index in [1.165, 1.54) is 23.3 Å². The van der Waals surface area contributed by atoms with Crippen LogP contribution in [0.2, 0.25) is 0 Å². The second kappa shape index (κ2) is 9.62. The molecular weight excluding hydrogens is 456 g/mol. The number of hydrogen-bond donors (Lipinski definition) is 1. The first kappa shape index (κ1) is 23.2. The van der Waals surface area contributed by atoms with Gasteiger partial charge in [0.15, 0.2) is 0 Å². The van der Waals surface area contributed by atoms with E-state index in [0.717, 1.165) is 59.0 Å². The van der Waals surface area contributed by atoms with Crippen LogP contribution in [0.15, 0.2) is 54.6 Å². The maximum Gasteiger partial charge on any atom is 0.341 e. The molecule has 1 aliphatic carbocycles. The zero-order valence-electron chi connectivity index (χ0n) is 20.2. The maximum atomic E-state index is 13.8. The molecule has 1 N–H and O–H groups in total. The Hall–Kier alpha value is -3.51. The minimum atomic E-state index is -0.394. The lowest BCUT2D eigenvalue weighted by Gasteiger charge is -2.20. The monoisotopic (exact) mass is 484 g/mol. The van der Waals surface area contributed by atoms with Crippen LogP contribution in [0.1, 0.15) is 56.5 Å². The number of hydrogen-bond acceptors (Lipinski definition) is 5. The van der Waals surface area contributed by atoms with Gasteiger partial charge in [-0.05, 0) is 49.3 Å². The number of methoxy groups -OCH3 is 1. The fourth-order valence-corrected chi connectivity index (χ4v) is 6.40. The molecule has 2 aromatic heterocycles. The molecule has 0 saturated carbocycles. The van der Waals surface area contributed by atoms with E-state index in [4.69, 9.17) is 9.72 Å². The Balaban J connectivity index is 1.61. The van der Waals surface area contributed by atoms with Crippen molar-refractivity contribution >= 4 is 39.1 Å². The molecule has 1 aliphatic rings. The molecule has 0 fully saturated rings. The minimum Gasteiger partial charge on any atom is -0.465 e. The summed E-state index contributed by atoms with van der Waals surface area (Å²) >= 11 is 1.51. The Morgan fingerprint density at radius 1 is 1.09 bits per heavy atom. The molecule has 6 heteroatoms. The van der Waals surface area contributed by atoms with Gasteiger partial charge in [0.25, 0.3) is 5.91 Å². The summed E-state index contributed by atoms with van der Waals surface area (Å²) in [6.07, 6.45) is 3.93. The van der Waals surface area contributed by atoms with Gasteiger partial charge in [0.1, 0.15) is 5.00 Å². The highest BCUT2D eigenvalue weighted by atomic mass is 32.1. The second-order valence-corrected chi connectivity index (χ2v) is 10.1. The van der Waals surface area contributed by atoms with Crippen molar-refractivity contribution in [1.82, 2.24) is 4.98 Å². The van der Waals surface area contributed by atoms with E-state index in [1.54, 1.807) is 0 Å². The first-order valence-electron chi connectivity index (χ1n) is 12.0. The third-order valence-corrected chi connectivity index (χ3v) is 8.14. The zero-order chi connectivity index (χ0) is 24.5. The number of esters is 1. The van der Waals surface area contributed by atoms with Crippen LogP contribution in [0.25, 0.3) is 22.2 Å². The van der Waals surface area contributed by atoms with Crippen molar-refractivity contribution in [1.29, 1.82) is 0 Å². The second-order valence-electron chi connectivity index (χ2n) is 9.01. The number of nitrogens with one attached hydrogen (secondary N) is 1. The Morgan fingerprint density at radius 3 is 2.57 bits per heavy atom. The predicted octanol–water partition coefficient (Wildman–Crippen LogP) is 6.83. The van der Waals surface area contributed by atoms with E-state index in [-0.39, 0.29) is 5.91 Å². The molecule has 0 bridgehead atoms. The summed E-state index contributed by atoms with van der Waals surface area (Å²) in [5.41, 5.74) is 5.41. The smallest absolute Gasteiger partial charge is 0.341 e. The third-order valence-electron chi connectivity index (χ3n) is 6.97. The molecule has 0 radical (unpaired) electrons. The van der Waals surface area contributed by atoms with Gasteiger partial charge in [-0.2, -0.15) is 0 Å². The maximum absolute atomic E-state index is 13.8. The summed E-state index contributed by atoms with van der Waals surface area (Å²) < 4.78 is 5.12. The average Bonchev–Trinajstić information content (AvgIpc) is 3.24. The number of amides is 1. The molecule has 2 heterocycles. The number of benzene rings is 2. The standard InChI is InChI=1S/C29H28N2O3S/c1-4-18-14-15-21-23(16-18)35-28(25(21)29(33)34-3)31-27(32)24-17(2)26(19-10-6-5-7-11-19)30-22-13-9-8-12-20(22)24/h5-13,18H,4,14-16H2,1-3H3,(H,31,32)/t18-/m0/s1. The number of rotatable bonds is 5. The molecule has 5 rings (SSSR count). The number of fused-ring (bicyclic) bond motifs is 2. The molecular formula is C29H28N2O3S. The van der Waals surface area contributed by atoms with Gasteiger partial charge in [-0.25, -0.2) is 9.78 Å². The molecule has 2 aromatic carbocycles.